The number of aromatic amines is 1. The number of fused-ring (bicyclic) bond motifs is 1. The molecule has 1 saturated heterocycles. The number of carbonyl (C=O) groups excluding carboxylic acids is 1. The molecular weight excluding hydrogens is 308 g/mol. The first-order valence-electron chi connectivity index (χ1n) is 8.46. The van der Waals surface area contributed by atoms with Crippen LogP contribution in [0.4, 0.5) is 0 Å². The summed E-state index contributed by atoms with van der Waals surface area (Å²) in [6.45, 7) is 3.12. The second kappa shape index (κ2) is 6.51. The fourth-order valence-electron chi connectivity index (χ4n) is 3.75. The molecule has 1 aromatic heterocycles. The first kappa shape index (κ1) is 15.6. The Morgan fingerprint density at radius 2 is 2.17 bits per heavy atom. The van der Waals surface area contributed by atoms with E-state index >= 15 is 0 Å². The van der Waals surface area contributed by atoms with Crippen LogP contribution in [0.2, 0.25) is 0 Å². The van der Waals surface area contributed by atoms with Gasteiger partial charge in [-0.25, -0.2) is 4.98 Å². The van der Waals surface area contributed by atoms with Crippen molar-refractivity contribution in [3.63, 3.8) is 0 Å². The van der Waals surface area contributed by atoms with Gasteiger partial charge in [-0.15, -0.1) is 0 Å². The molecule has 2 fully saturated rings. The number of nitrogens with zero attached hydrogens (tertiary/aromatic N) is 2. The van der Waals surface area contributed by atoms with Crippen molar-refractivity contribution in [2.45, 2.75) is 31.0 Å². The van der Waals surface area contributed by atoms with Crippen LogP contribution in [0.5, 0.6) is 0 Å². The van der Waals surface area contributed by atoms with Gasteiger partial charge < -0.3 is 20.1 Å². The van der Waals surface area contributed by atoms with E-state index in [9.17, 15) is 9.90 Å². The lowest BCUT2D eigenvalue weighted by atomic mass is 10.1. The van der Waals surface area contributed by atoms with Gasteiger partial charge in [0.1, 0.15) is 0 Å². The Labute approximate surface area is 140 Å². The van der Waals surface area contributed by atoms with E-state index in [0.717, 1.165) is 37.0 Å². The molecule has 3 atom stereocenters. The van der Waals surface area contributed by atoms with Crippen LogP contribution in [0.3, 0.4) is 0 Å². The Morgan fingerprint density at radius 1 is 1.33 bits per heavy atom. The van der Waals surface area contributed by atoms with Crippen molar-refractivity contribution >= 4 is 16.9 Å². The number of aromatic nitrogens is 2. The summed E-state index contributed by atoms with van der Waals surface area (Å²) in [5.74, 6) is -0.154. The largest absolute Gasteiger partial charge is 0.389 e. The number of ether oxygens (including phenoxy) is 1. The number of benzene rings is 1. The number of morpholine rings is 1. The average Bonchev–Trinajstić information content (AvgIpc) is 3.22. The molecule has 0 radical (unpaired) electrons. The number of aliphatic hydroxyl groups is 1. The summed E-state index contributed by atoms with van der Waals surface area (Å²) in [6.07, 6.45) is 2.76. The summed E-state index contributed by atoms with van der Waals surface area (Å²) in [4.78, 5) is 21.9. The summed E-state index contributed by atoms with van der Waals surface area (Å²) < 4.78 is 5.37. The number of carbonyl (C=O) groups is 1. The monoisotopic (exact) mass is 330 g/mol. The zero-order valence-electron chi connectivity index (χ0n) is 13.4. The van der Waals surface area contributed by atoms with Crippen LogP contribution in [0.25, 0.3) is 11.0 Å². The van der Waals surface area contributed by atoms with E-state index < -0.39 is 6.10 Å². The summed E-state index contributed by atoms with van der Waals surface area (Å²) >= 11 is 0. The zero-order chi connectivity index (χ0) is 16.5. The number of rotatable bonds is 3. The lowest BCUT2D eigenvalue weighted by Crippen LogP contribution is -2.51. The van der Waals surface area contributed by atoms with Crippen molar-refractivity contribution in [1.82, 2.24) is 20.2 Å². The van der Waals surface area contributed by atoms with E-state index in [-0.39, 0.29) is 18.0 Å². The molecule has 2 aliphatic rings. The Hall–Kier alpha value is -1.96. The molecule has 7 nitrogen and oxygen atoms in total. The van der Waals surface area contributed by atoms with Crippen LogP contribution in [-0.2, 0) is 4.74 Å². The molecule has 7 heteroatoms. The molecule has 128 valence electrons. The van der Waals surface area contributed by atoms with Gasteiger partial charge in [0.15, 0.2) is 0 Å². The van der Waals surface area contributed by atoms with Crippen LogP contribution in [0.15, 0.2) is 24.5 Å². The summed E-state index contributed by atoms with van der Waals surface area (Å²) in [6, 6.07) is 5.28. The van der Waals surface area contributed by atoms with E-state index in [4.69, 9.17) is 4.74 Å². The van der Waals surface area contributed by atoms with E-state index in [1.54, 1.807) is 18.5 Å². The number of imidazole rings is 1. The minimum Gasteiger partial charge on any atom is -0.389 e. The molecule has 0 unspecified atom stereocenters. The predicted molar refractivity (Wildman–Crippen MR) is 88.8 cm³/mol. The average molecular weight is 330 g/mol. The maximum Gasteiger partial charge on any atom is 0.251 e. The molecule has 1 aliphatic carbocycles. The third kappa shape index (κ3) is 2.90. The second-order valence-corrected chi connectivity index (χ2v) is 6.50. The normalized spacial score (nSPS) is 28.3. The van der Waals surface area contributed by atoms with Crippen LogP contribution in [0.1, 0.15) is 23.2 Å². The van der Waals surface area contributed by atoms with Crippen LogP contribution in [-0.4, -0.2) is 70.4 Å². The highest BCUT2D eigenvalue weighted by molar-refractivity contribution is 5.97. The first-order valence-corrected chi connectivity index (χ1v) is 8.46. The third-order valence-electron chi connectivity index (χ3n) is 5.09. The molecule has 1 saturated carbocycles. The molecule has 1 aromatic carbocycles. The molecule has 0 bridgehead atoms. The minimum atomic E-state index is -0.539. The van der Waals surface area contributed by atoms with Gasteiger partial charge in [-0.2, -0.15) is 0 Å². The minimum absolute atomic E-state index is 0.106. The molecule has 0 spiro atoms. The van der Waals surface area contributed by atoms with Crippen LogP contribution < -0.4 is 5.32 Å². The van der Waals surface area contributed by atoms with E-state index in [0.29, 0.717) is 18.8 Å². The molecule has 4 rings (SSSR count). The van der Waals surface area contributed by atoms with Crippen LogP contribution in [0, 0.1) is 0 Å². The van der Waals surface area contributed by atoms with E-state index in [1.165, 1.54) is 0 Å². The highest BCUT2D eigenvalue weighted by atomic mass is 16.5. The number of nitrogens with one attached hydrogen (secondary N) is 2. The molecule has 2 aromatic rings. The Bertz CT molecular complexity index is 725. The molecular formula is C17H22N4O3. The van der Waals surface area contributed by atoms with Gasteiger partial charge in [0.05, 0.1) is 42.7 Å². The lowest BCUT2D eigenvalue weighted by molar-refractivity contribution is -0.0154. The summed E-state index contributed by atoms with van der Waals surface area (Å²) in [7, 11) is 0. The predicted octanol–water partition coefficient (Wildman–Crippen LogP) is 0.517. The fraction of sp³-hybridized carbons (Fsp3) is 0.529. The van der Waals surface area contributed by atoms with E-state index in [1.807, 2.05) is 6.07 Å². The number of aliphatic hydroxyl groups excluding tert-OH is 1. The van der Waals surface area contributed by atoms with Gasteiger partial charge >= 0.3 is 0 Å². The number of H-pyrrole nitrogens is 1. The van der Waals surface area contributed by atoms with Gasteiger partial charge in [-0.1, -0.05) is 0 Å². The SMILES string of the molecule is O=C(N[C@@H]1CC[C@@H](N2CCOCC2)[C@@H]1O)c1ccc2nc[nH]c2c1. The first-order chi connectivity index (χ1) is 11.7. The third-order valence-corrected chi connectivity index (χ3v) is 5.09. The molecule has 3 N–H and O–H groups in total. The highest BCUT2D eigenvalue weighted by Gasteiger charge is 2.39. The standard InChI is InChI=1S/C17H22N4O3/c22-16-13(3-4-15(16)21-5-7-24-8-6-21)20-17(23)11-1-2-12-14(9-11)19-10-18-12/h1-2,9-10,13,15-16,22H,3-8H2,(H,18,19)(H,20,23)/t13-,15-,16-/m1/s1. The van der Waals surface area contributed by atoms with Crippen molar-refractivity contribution < 1.29 is 14.6 Å². The number of hydrogen-bond donors (Lipinski definition) is 3. The summed E-state index contributed by atoms with van der Waals surface area (Å²) in [5, 5.41) is 13.6. The smallest absolute Gasteiger partial charge is 0.251 e. The number of hydrogen-bond acceptors (Lipinski definition) is 5. The lowest BCUT2D eigenvalue weighted by Gasteiger charge is -2.34. The Kier molecular flexibility index (Phi) is 4.22. The van der Waals surface area contributed by atoms with Gasteiger partial charge in [0, 0.05) is 24.7 Å². The maximum atomic E-state index is 12.5. The zero-order valence-corrected chi connectivity index (χ0v) is 13.4. The van der Waals surface area contributed by atoms with Gasteiger partial charge in [0.2, 0.25) is 0 Å². The van der Waals surface area contributed by atoms with Gasteiger partial charge in [0.25, 0.3) is 5.91 Å². The molecule has 1 amide bonds. The number of amides is 1. The maximum absolute atomic E-state index is 12.5. The van der Waals surface area contributed by atoms with Crippen molar-refractivity contribution in [1.29, 1.82) is 0 Å². The molecule has 24 heavy (non-hydrogen) atoms. The van der Waals surface area contributed by atoms with Crippen molar-refractivity contribution in [3.8, 4) is 0 Å². The van der Waals surface area contributed by atoms with Crippen molar-refractivity contribution in [2.24, 2.45) is 0 Å². The van der Waals surface area contributed by atoms with E-state index in [2.05, 4.69) is 20.2 Å². The Morgan fingerprint density at radius 3 is 3.00 bits per heavy atom. The summed E-state index contributed by atoms with van der Waals surface area (Å²) in [5.41, 5.74) is 2.24. The quantitative estimate of drug-likeness (QED) is 0.763. The molecule has 2 heterocycles. The highest BCUT2D eigenvalue weighted by Crippen LogP contribution is 2.26. The Balaban J connectivity index is 1.42. The van der Waals surface area contributed by atoms with Crippen molar-refractivity contribution in [3.05, 3.63) is 30.1 Å². The second-order valence-electron chi connectivity index (χ2n) is 6.50. The van der Waals surface area contributed by atoms with Gasteiger partial charge in [-0.3, -0.25) is 9.69 Å². The van der Waals surface area contributed by atoms with Gasteiger partial charge in [-0.05, 0) is 31.0 Å². The van der Waals surface area contributed by atoms with Crippen LogP contribution >= 0.6 is 0 Å². The fourth-order valence-corrected chi connectivity index (χ4v) is 3.75. The van der Waals surface area contributed by atoms with Crippen molar-refractivity contribution in [2.75, 3.05) is 26.3 Å². The topological polar surface area (TPSA) is 90.5 Å². The molecule has 1 aliphatic heterocycles.